The van der Waals surface area contributed by atoms with Crippen LogP contribution in [0.15, 0.2) is 36.4 Å². The number of ether oxygens (including phenoxy) is 1. The minimum atomic E-state index is -5.53. The zero-order valence-corrected chi connectivity index (χ0v) is 20.5. The Balaban J connectivity index is 2.34. The molecule has 1 fully saturated rings. The van der Waals surface area contributed by atoms with E-state index in [1.807, 2.05) is 6.07 Å². The molecule has 12 heteroatoms. The van der Waals surface area contributed by atoms with E-state index in [0.717, 1.165) is 30.3 Å². The van der Waals surface area contributed by atoms with Crippen molar-refractivity contribution in [1.29, 1.82) is 5.26 Å². The first-order chi connectivity index (χ1) is 17.0. The Morgan fingerprint density at radius 2 is 1.76 bits per heavy atom. The van der Waals surface area contributed by atoms with Crippen molar-refractivity contribution in [3.63, 3.8) is 0 Å². The maximum Gasteiger partial charge on any atom is 0.491 e. The maximum atomic E-state index is 15.4. The number of benzene rings is 2. The summed E-state index contributed by atoms with van der Waals surface area (Å²) in [4.78, 5) is 24.4. The number of carbonyl (C=O) groups excluding carboxylic acids is 2. The molecule has 1 aliphatic heterocycles. The van der Waals surface area contributed by atoms with Gasteiger partial charge in [0.2, 0.25) is 0 Å². The Morgan fingerprint density at radius 1 is 1.11 bits per heavy atom. The zero-order chi connectivity index (χ0) is 27.9. The molecule has 1 aliphatic rings. The van der Waals surface area contributed by atoms with Gasteiger partial charge in [0.15, 0.2) is 11.6 Å². The van der Waals surface area contributed by atoms with Crippen LogP contribution in [0, 0.1) is 34.2 Å². The molecule has 1 saturated heterocycles. The van der Waals surface area contributed by atoms with Gasteiger partial charge in [0, 0.05) is 22.5 Å². The fraction of sp³-hybridized carbons (Fsp3) is 0.400. The highest BCUT2D eigenvalue weighted by atomic mass is 35.5. The van der Waals surface area contributed by atoms with Crippen LogP contribution in [0.3, 0.4) is 0 Å². The van der Waals surface area contributed by atoms with Gasteiger partial charge in [-0.15, -0.1) is 0 Å². The molecule has 37 heavy (non-hydrogen) atoms. The molecule has 0 unspecified atom stereocenters. The molecule has 1 heterocycles. The summed E-state index contributed by atoms with van der Waals surface area (Å²) in [7, 11) is 0. The average Bonchev–Trinajstić information content (AvgIpc) is 3.08. The van der Waals surface area contributed by atoms with Crippen LogP contribution in [-0.2, 0) is 19.7 Å². The third-order valence-electron chi connectivity index (χ3n) is 6.13. The fourth-order valence-electron chi connectivity index (χ4n) is 4.75. The standard InChI is InChI=1S/C25H21ClF6N2O3/c1-23(2,3)10-17-24(11-33,14-8-7-12(26)9-16(14)28)18(13-5-4-6-15(27)19(13)29)20(34-17)21(35)37-22(36)25(30,31)32/h4-9,17-18,20,34H,10H2,1-3H3/t17-,18-,20+,24-/m0/s1. The van der Waals surface area contributed by atoms with Crippen LogP contribution in [0.4, 0.5) is 26.3 Å². The van der Waals surface area contributed by atoms with Crippen molar-refractivity contribution in [1.82, 2.24) is 5.32 Å². The van der Waals surface area contributed by atoms with Crippen LogP contribution < -0.4 is 5.32 Å². The molecule has 1 N–H and O–H groups in total. The molecular formula is C25H21ClF6N2O3. The lowest BCUT2D eigenvalue weighted by atomic mass is 9.62. The molecular weight excluding hydrogens is 526 g/mol. The molecule has 198 valence electrons. The summed E-state index contributed by atoms with van der Waals surface area (Å²) in [6.07, 6.45) is -5.51. The number of carbonyl (C=O) groups is 2. The number of halogens is 7. The smallest absolute Gasteiger partial charge is 0.385 e. The van der Waals surface area contributed by atoms with Crippen molar-refractivity contribution in [3.05, 3.63) is 70.0 Å². The van der Waals surface area contributed by atoms with Crippen LogP contribution in [0.1, 0.15) is 44.2 Å². The number of nitrogens with zero attached hydrogens (tertiary/aromatic N) is 1. The number of hydrogen-bond acceptors (Lipinski definition) is 5. The number of esters is 2. The van der Waals surface area contributed by atoms with Gasteiger partial charge in [-0.25, -0.2) is 22.8 Å². The third-order valence-corrected chi connectivity index (χ3v) is 6.36. The minimum absolute atomic E-state index is 0.0209. The highest BCUT2D eigenvalue weighted by Crippen LogP contribution is 2.52. The quantitative estimate of drug-likeness (QED) is 0.302. The summed E-state index contributed by atoms with van der Waals surface area (Å²) in [5.74, 6) is -10.3. The van der Waals surface area contributed by atoms with E-state index in [-0.39, 0.29) is 17.0 Å². The number of alkyl halides is 3. The first-order valence-corrected chi connectivity index (χ1v) is 11.3. The largest absolute Gasteiger partial charge is 0.491 e. The van der Waals surface area contributed by atoms with Gasteiger partial charge in [-0.3, -0.25) is 5.32 Å². The summed E-state index contributed by atoms with van der Waals surface area (Å²) in [6, 6.07) is 4.87. The SMILES string of the molecule is CC(C)(C)C[C@@H]1N[C@@H](C(=O)OC(=O)C(F)(F)F)[C@H](c2cccc(F)c2F)[C@@]1(C#N)c1ccc(Cl)cc1F. The van der Waals surface area contributed by atoms with Gasteiger partial charge in [0.1, 0.15) is 17.3 Å². The monoisotopic (exact) mass is 546 g/mol. The molecule has 0 radical (unpaired) electrons. The highest BCUT2D eigenvalue weighted by Gasteiger charge is 2.62. The molecule has 2 aromatic carbocycles. The van der Waals surface area contributed by atoms with Crippen molar-refractivity contribution in [2.75, 3.05) is 0 Å². The number of nitrogens with one attached hydrogen (secondary N) is 1. The lowest BCUT2D eigenvalue weighted by Gasteiger charge is -2.37. The molecule has 3 rings (SSSR count). The lowest BCUT2D eigenvalue weighted by molar-refractivity contribution is -0.202. The Kier molecular flexibility index (Phi) is 7.68. The van der Waals surface area contributed by atoms with E-state index in [1.54, 1.807) is 20.8 Å². The lowest BCUT2D eigenvalue weighted by Crippen LogP contribution is -2.45. The van der Waals surface area contributed by atoms with Crippen molar-refractivity contribution >= 4 is 23.5 Å². The van der Waals surface area contributed by atoms with Gasteiger partial charge in [0.05, 0.1) is 6.07 Å². The van der Waals surface area contributed by atoms with Gasteiger partial charge >= 0.3 is 18.1 Å². The molecule has 0 bridgehead atoms. The summed E-state index contributed by atoms with van der Waals surface area (Å²) in [5.41, 5.74) is -3.75. The topological polar surface area (TPSA) is 79.2 Å². The van der Waals surface area contributed by atoms with Crippen LogP contribution in [0.25, 0.3) is 0 Å². The van der Waals surface area contributed by atoms with Gasteiger partial charge in [-0.1, -0.05) is 50.6 Å². The van der Waals surface area contributed by atoms with E-state index >= 15 is 8.78 Å². The van der Waals surface area contributed by atoms with Crippen LogP contribution >= 0.6 is 11.6 Å². The van der Waals surface area contributed by atoms with Gasteiger partial charge in [-0.05, 0) is 35.6 Å². The summed E-state index contributed by atoms with van der Waals surface area (Å²) >= 11 is 5.87. The van der Waals surface area contributed by atoms with E-state index in [1.165, 1.54) is 6.07 Å². The molecule has 5 nitrogen and oxygen atoms in total. The molecule has 0 spiro atoms. The van der Waals surface area contributed by atoms with Crippen molar-refractivity contribution in [2.45, 2.75) is 56.8 Å². The first-order valence-electron chi connectivity index (χ1n) is 10.9. The van der Waals surface area contributed by atoms with Crippen molar-refractivity contribution in [2.24, 2.45) is 5.41 Å². The van der Waals surface area contributed by atoms with E-state index in [0.29, 0.717) is 0 Å². The second-order valence-electron chi connectivity index (χ2n) is 9.89. The Morgan fingerprint density at radius 3 is 2.30 bits per heavy atom. The first kappa shape index (κ1) is 28.5. The van der Waals surface area contributed by atoms with Crippen LogP contribution in [0.2, 0.25) is 5.02 Å². The molecule has 0 aromatic heterocycles. The number of rotatable bonds is 4. The normalized spacial score (nSPS) is 24.0. The van der Waals surface area contributed by atoms with E-state index in [2.05, 4.69) is 10.1 Å². The van der Waals surface area contributed by atoms with Crippen LogP contribution in [0.5, 0.6) is 0 Å². The zero-order valence-electron chi connectivity index (χ0n) is 19.7. The number of hydrogen-bond donors (Lipinski definition) is 1. The van der Waals surface area contributed by atoms with Gasteiger partial charge in [0.25, 0.3) is 0 Å². The van der Waals surface area contributed by atoms with E-state index in [4.69, 9.17) is 11.6 Å². The molecule has 0 saturated carbocycles. The van der Waals surface area contributed by atoms with Gasteiger partial charge in [-0.2, -0.15) is 18.4 Å². The molecule has 4 atom stereocenters. The second-order valence-corrected chi connectivity index (χ2v) is 10.3. The summed E-state index contributed by atoms with van der Waals surface area (Å²) < 4.78 is 87.3. The molecule has 0 aliphatic carbocycles. The fourth-order valence-corrected chi connectivity index (χ4v) is 4.91. The third kappa shape index (κ3) is 5.45. The summed E-state index contributed by atoms with van der Waals surface area (Å²) in [6.45, 7) is 5.23. The van der Waals surface area contributed by atoms with Crippen molar-refractivity contribution in [3.8, 4) is 6.07 Å². The maximum absolute atomic E-state index is 15.4. The summed E-state index contributed by atoms with van der Waals surface area (Å²) in [5, 5.41) is 13.2. The second kappa shape index (κ2) is 9.99. The Hall–Kier alpha value is -3.10. The average molecular weight is 547 g/mol. The van der Waals surface area contributed by atoms with Crippen LogP contribution in [-0.4, -0.2) is 30.2 Å². The van der Waals surface area contributed by atoms with E-state index < -0.39 is 70.0 Å². The predicted octanol–water partition coefficient (Wildman–Crippen LogP) is 5.71. The highest BCUT2D eigenvalue weighted by molar-refractivity contribution is 6.30. The Bertz CT molecular complexity index is 1270. The Labute approximate surface area is 213 Å². The van der Waals surface area contributed by atoms with Crippen molar-refractivity contribution < 1.29 is 40.7 Å². The van der Waals surface area contributed by atoms with E-state index in [9.17, 15) is 32.4 Å². The minimum Gasteiger partial charge on any atom is -0.385 e. The van der Waals surface area contributed by atoms with Gasteiger partial charge < -0.3 is 4.74 Å². The predicted molar refractivity (Wildman–Crippen MR) is 120 cm³/mol. The molecule has 2 aromatic rings. The molecule has 0 amide bonds. The number of nitriles is 1.